The van der Waals surface area contributed by atoms with Crippen molar-refractivity contribution in [3.8, 4) is 0 Å². The lowest BCUT2D eigenvalue weighted by molar-refractivity contribution is 0.0660. The van der Waals surface area contributed by atoms with Gasteiger partial charge >= 0.3 is 0 Å². The van der Waals surface area contributed by atoms with E-state index in [0.717, 1.165) is 10.7 Å². The summed E-state index contributed by atoms with van der Waals surface area (Å²) in [6, 6.07) is 16.1. The van der Waals surface area contributed by atoms with Crippen LogP contribution in [0.25, 0.3) is 0 Å². The number of carbonyl (C=O) groups is 2. The number of imide groups is 1. The molecule has 2 amide bonds. The summed E-state index contributed by atoms with van der Waals surface area (Å²) in [7, 11) is 0. The highest BCUT2D eigenvalue weighted by Gasteiger charge is 2.35. The van der Waals surface area contributed by atoms with Gasteiger partial charge in [0, 0.05) is 0 Å². The maximum Gasteiger partial charge on any atom is 0.282 e. The first-order valence-electron chi connectivity index (χ1n) is 7.04. The molecule has 6 nitrogen and oxygen atoms in total. The molecule has 3 rings (SSSR count). The number of benzene rings is 2. The van der Waals surface area contributed by atoms with E-state index in [1.807, 2.05) is 30.3 Å². The third kappa shape index (κ3) is 3.01. The summed E-state index contributed by atoms with van der Waals surface area (Å²) in [6.45, 7) is 1.72. The van der Waals surface area contributed by atoms with Gasteiger partial charge in [0.05, 0.1) is 28.7 Å². The van der Waals surface area contributed by atoms with Crippen LogP contribution in [0.4, 0.5) is 5.69 Å². The van der Waals surface area contributed by atoms with Crippen LogP contribution in [0.5, 0.6) is 0 Å². The van der Waals surface area contributed by atoms with Crippen molar-refractivity contribution < 1.29 is 9.59 Å². The number of rotatable bonds is 4. The Balaban J connectivity index is 1.71. The molecule has 1 N–H and O–H groups in total. The number of nitrogens with zero attached hydrogens (tertiary/aromatic N) is 3. The second-order valence-corrected chi connectivity index (χ2v) is 4.94. The molecule has 0 radical (unpaired) electrons. The van der Waals surface area contributed by atoms with E-state index in [1.165, 1.54) is 6.21 Å². The van der Waals surface area contributed by atoms with Crippen LogP contribution < -0.4 is 5.43 Å². The Bertz CT molecular complexity index is 777. The number of fused-ring (bicyclic) bond motifs is 1. The van der Waals surface area contributed by atoms with E-state index in [1.54, 1.807) is 31.2 Å². The molecule has 0 aromatic heterocycles. The first-order valence-corrected chi connectivity index (χ1v) is 7.04. The molecule has 1 aliphatic rings. The molecule has 0 saturated heterocycles. The second-order valence-electron chi connectivity index (χ2n) is 4.94. The first-order chi connectivity index (χ1) is 11.2. The van der Waals surface area contributed by atoms with Crippen LogP contribution in [0.1, 0.15) is 27.6 Å². The Hall–Kier alpha value is -3.28. The van der Waals surface area contributed by atoms with Gasteiger partial charge in [-0.25, -0.2) is 0 Å². The van der Waals surface area contributed by atoms with Crippen LogP contribution in [0.2, 0.25) is 0 Å². The number of carbonyl (C=O) groups excluding carboxylic acids is 2. The molecule has 0 fully saturated rings. The monoisotopic (exact) mass is 306 g/mol. The summed E-state index contributed by atoms with van der Waals surface area (Å²) < 4.78 is 0. The van der Waals surface area contributed by atoms with Crippen molar-refractivity contribution in [2.75, 3.05) is 5.43 Å². The van der Waals surface area contributed by atoms with Crippen LogP contribution >= 0.6 is 0 Å². The molecular formula is C17H14N4O2. The second kappa shape index (κ2) is 6.23. The van der Waals surface area contributed by atoms with Gasteiger partial charge in [-0.2, -0.15) is 15.2 Å². The van der Waals surface area contributed by atoms with Gasteiger partial charge in [0.1, 0.15) is 0 Å². The van der Waals surface area contributed by atoms with E-state index in [-0.39, 0.29) is 0 Å². The molecule has 1 heterocycles. The van der Waals surface area contributed by atoms with Crippen molar-refractivity contribution in [2.45, 2.75) is 6.92 Å². The average molecular weight is 306 g/mol. The number of hydrazone groups is 2. The van der Waals surface area contributed by atoms with Crippen molar-refractivity contribution >= 4 is 29.4 Å². The van der Waals surface area contributed by atoms with E-state index < -0.39 is 11.8 Å². The van der Waals surface area contributed by atoms with E-state index >= 15 is 0 Å². The van der Waals surface area contributed by atoms with Gasteiger partial charge in [-0.1, -0.05) is 30.3 Å². The Labute approximate surface area is 133 Å². The quantitative estimate of drug-likeness (QED) is 0.536. The lowest BCUT2D eigenvalue weighted by atomic mass is 10.1. The van der Waals surface area contributed by atoms with Crippen molar-refractivity contribution in [1.29, 1.82) is 0 Å². The third-order valence-electron chi connectivity index (χ3n) is 3.27. The molecule has 23 heavy (non-hydrogen) atoms. The van der Waals surface area contributed by atoms with Crippen molar-refractivity contribution in [3.05, 3.63) is 65.7 Å². The maximum absolute atomic E-state index is 12.1. The van der Waals surface area contributed by atoms with E-state index in [2.05, 4.69) is 15.6 Å². The third-order valence-corrected chi connectivity index (χ3v) is 3.27. The standard InChI is InChI=1S/C17H14N4O2/c1-12(19-20-13-7-3-2-4-8-13)11-18-21-16(22)14-9-5-6-10-15(14)17(21)23/h2-11,20H,1H3/b18-11+,19-12+. The van der Waals surface area contributed by atoms with Crippen LogP contribution in [-0.2, 0) is 0 Å². The lowest BCUT2D eigenvalue weighted by Gasteiger charge is -2.05. The molecule has 2 aromatic rings. The SMILES string of the molecule is CC(/C=N/N1C(=O)c2ccccc2C1=O)=N\Nc1ccccc1. The minimum Gasteiger partial charge on any atom is -0.278 e. The highest BCUT2D eigenvalue weighted by molar-refractivity contribution is 6.30. The van der Waals surface area contributed by atoms with Gasteiger partial charge in [0.15, 0.2) is 0 Å². The van der Waals surface area contributed by atoms with Crippen LogP contribution in [0.15, 0.2) is 64.8 Å². The zero-order valence-electron chi connectivity index (χ0n) is 12.4. The highest BCUT2D eigenvalue weighted by Crippen LogP contribution is 2.22. The molecule has 0 spiro atoms. The predicted molar refractivity (Wildman–Crippen MR) is 88.6 cm³/mol. The largest absolute Gasteiger partial charge is 0.282 e. The van der Waals surface area contributed by atoms with Crippen molar-refractivity contribution in [3.63, 3.8) is 0 Å². The summed E-state index contributed by atoms with van der Waals surface area (Å²) in [6.07, 6.45) is 1.37. The zero-order chi connectivity index (χ0) is 16.2. The molecule has 6 heteroatoms. The molecule has 0 bridgehead atoms. The fraction of sp³-hybridized carbons (Fsp3) is 0.0588. The maximum atomic E-state index is 12.1. The average Bonchev–Trinajstić information content (AvgIpc) is 2.83. The lowest BCUT2D eigenvalue weighted by Crippen LogP contribution is -2.24. The summed E-state index contributed by atoms with van der Waals surface area (Å²) in [5.41, 5.74) is 4.97. The number of hydrogen-bond donors (Lipinski definition) is 1. The molecule has 1 aliphatic heterocycles. The summed E-state index contributed by atoms with van der Waals surface area (Å²) in [4.78, 5) is 24.3. The number of anilines is 1. The fourth-order valence-corrected chi connectivity index (χ4v) is 2.12. The van der Waals surface area contributed by atoms with E-state index in [0.29, 0.717) is 16.8 Å². The van der Waals surface area contributed by atoms with Crippen LogP contribution in [0, 0.1) is 0 Å². The topological polar surface area (TPSA) is 74.1 Å². The molecule has 114 valence electrons. The Morgan fingerprint density at radius 2 is 1.52 bits per heavy atom. The minimum atomic E-state index is -0.425. The molecule has 0 saturated carbocycles. The fourth-order valence-electron chi connectivity index (χ4n) is 2.12. The summed E-state index contributed by atoms with van der Waals surface area (Å²) >= 11 is 0. The molecule has 2 aromatic carbocycles. The van der Waals surface area contributed by atoms with Gasteiger partial charge in [-0.05, 0) is 31.2 Å². The number of nitrogens with one attached hydrogen (secondary N) is 1. The minimum absolute atomic E-state index is 0.367. The highest BCUT2D eigenvalue weighted by atomic mass is 16.2. The van der Waals surface area contributed by atoms with Crippen molar-refractivity contribution in [1.82, 2.24) is 5.01 Å². The normalized spacial score (nSPS) is 14.5. The van der Waals surface area contributed by atoms with E-state index in [4.69, 9.17) is 0 Å². The molecule has 0 unspecified atom stereocenters. The molecule has 0 atom stereocenters. The van der Waals surface area contributed by atoms with Gasteiger partial charge in [0.25, 0.3) is 11.8 Å². The van der Waals surface area contributed by atoms with Gasteiger partial charge < -0.3 is 0 Å². The van der Waals surface area contributed by atoms with Crippen LogP contribution in [-0.4, -0.2) is 28.7 Å². The van der Waals surface area contributed by atoms with Gasteiger partial charge in [-0.15, -0.1) is 0 Å². The zero-order valence-corrected chi connectivity index (χ0v) is 12.4. The summed E-state index contributed by atoms with van der Waals surface area (Å²) in [5.74, 6) is -0.851. The van der Waals surface area contributed by atoms with E-state index in [9.17, 15) is 9.59 Å². The number of hydrogen-bond acceptors (Lipinski definition) is 5. The predicted octanol–water partition coefficient (Wildman–Crippen LogP) is 2.76. The Morgan fingerprint density at radius 1 is 0.957 bits per heavy atom. The van der Waals surface area contributed by atoms with Crippen LogP contribution in [0.3, 0.4) is 0 Å². The number of amides is 2. The smallest absolute Gasteiger partial charge is 0.278 e. The first kappa shape index (κ1) is 14.6. The van der Waals surface area contributed by atoms with Gasteiger partial charge in [-0.3, -0.25) is 15.0 Å². The van der Waals surface area contributed by atoms with Gasteiger partial charge in [0.2, 0.25) is 0 Å². The van der Waals surface area contributed by atoms with Crippen molar-refractivity contribution in [2.24, 2.45) is 10.2 Å². The Kier molecular flexibility index (Phi) is 3.97. The molecule has 0 aliphatic carbocycles. The number of para-hydroxylation sites is 1. The Morgan fingerprint density at radius 3 is 2.13 bits per heavy atom. The molecular weight excluding hydrogens is 292 g/mol. The summed E-state index contributed by atoms with van der Waals surface area (Å²) in [5, 5.41) is 8.93.